The van der Waals surface area contributed by atoms with Crippen molar-refractivity contribution in [3.63, 3.8) is 0 Å². The van der Waals surface area contributed by atoms with Crippen LogP contribution in [0.5, 0.6) is 5.75 Å². The van der Waals surface area contributed by atoms with Gasteiger partial charge < -0.3 is 20.3 Å². The number of rotatable bonds is 14. The first-order valence-corrected chi connectivity index (χ1v) is 18.6. The van der Waals surface area contributed by atoms with Gasteiger partial charge in [-0.2, -0.15) is 0 Å². The lowest BCUT2D eigenvalue weighted by atomic mass is 9.76. The fourth-order valence-corrected chi connectivity index (χ4v) is 6.52. The van der Waals surface area contributed by atoms with Gasteiger partial charge in [0.15, 0.2) is 11.8 Å². The number of hydrogen-bond donors (Lipinski definition) is 2. The number of benzene rings is 2. The molecule has 0 bridgehead atoms. The molecule has 2 aliphatic heterocycles. The molecule has 4 rings (SSSR count). The highest BCUT2D eigenvalue weighted by atomic mass is 35.5. The van der Waals surface area contributed by atoms with Crippen molar-refractivity contribution in [2.24, 2.45) is 5.41 Å². The Hall–Kier alpha value is -3.92. The first kappa shape index (κ1) is 39.9. The minimum absolute atomic E-state index is 0.0496. The maximum absolute atomic E-state index is 13.8. The summed E-state index contributed by atoms with van der Waals surface area (Å²) in [6.07, 6.45) is 4.66. The molecule has 2 heterocycles. The predicted molar refractivity (Wildman–Crippen MR) is 201 cm³/mol. The lowest BCUT2D eigenvalue weighted by Gasteiger charge is -2.30. The van der Waals surface area contributed by atoms with E-state index in [9.17, 15) is 24.0 Å². The molecule has 11 heteroatoms. The summed E-state index contributed by atoms with van der Waals surface area (Å²) in [7, 11) is 0. The minimum Gasteiger partial charge on any atom is -0.493 e. The molecule has 2 aromatic carbocycles. The molecule has 2 N–H and O–H groups in total. The highest BCUT2D eigenvalue weighted by molar-refractivity contribution is 6.34. The van der Waals surface area contributed by atoms with E-state index >= 15 is 0 Å². The van der Waals surface area contributed by atoms with Crippen LogP contribution in [0.2, 0.25) is 5.02 Å². The van der Waals surface area contributed by atoms with Crippen LogP contribution in [0, 0.1) is 5.41 Å². The molecule has 0 spiro atoms. The monoisotopic (exact) mass is 722 g/mol. The third kappa shape index (κ3) is 8.94. The Morgan fingerprint density at radius 3 is 2.24 bits per heavy atom. The van der Waals surface area contributed by atoms with E-state index in [1.54, 1.807) is 26.8 Å². The van der Waals surface area contributed by atoms with Crippen LogP contribution in [0.4, 0.5) is 16.2 Å². The van der Waals surface area contributed by atoms with E-state index in [1.165, 1.54) is 22.6 Å². The smallest absolute Gasteiger partial charge is 0.328 e. The Labute approximate surface area is 308 Å². The van der Waals surface area contributed by atoms with Crippen molar-refractivity contribution < 1.29 is 28.7 Å². The molecule has 2 saturated heterocycles. The van der Waals surface area contributed by atoms with E-state index < -0.39 is 41.1 Å². The number of fused-ring (bicyclic) bond motifs is 1. The number of amides is 5. The largest absolute Gasteiger partial charge is 0.493 e. The fourth-order valence-electron chi connectivity index (χ4n) is 6.35. The van der Waals surface area contributed by atoms with Crippen molar-refractivity contribution >= 4 is 52.5 Å². The number of ether oxygens (including phenoxy) is 1. The van der Waals surface area contributed by atoms with Crippen LogP contribution in [-0.4, -0.2) is 64.6 Å². The van der Waals surface area contributed by atoms with Crippen LogP contribution in [0.15, 0.2) is 36.4 Å². The van der Waals surface area contributed by atoms with Gasteiger partial charge in [0.1, 0.15) is 11.8 Å². The second kappa shape index (κ2) is 15.8. The van der Waals surface area contributed by atoms with Gasteiger partial charge in [-0.3, -0.25) is 19.2 Å². The van der Waals surface area contributed by atoms with Gasteiger partial charge in [-0.05, 0) is 79.2 Å². The van der Waals surface area contributed by atoms with Crippen LogP contribution in [0.25, 0.3) is 0 Å². The topological polar surface area (TPSA) is 125 Å². The number of carbonyl (C=O) groups excluding carboxylic acids is 5. The first-order chi connectivity index (χ1) is 23.8. The number of hydrogen-bond acceptors (Lipinski definition) is 6. The third-order valence-corrected chi connectivity index (χ3v) is 10.9. The van der Waals surface area contributed by atoms with Crippen LogP contribution in [0.1, 0.15) is 118 Å². The average Bonchev–Trinajstić information content (AvgIpc) is 3.33. The molecule has 0 aliphatic carbocycles. The Balaban J connectivity index is 1.42. The molecule has 0 saturated carbocycles. The maximum atomic E-state index is 13.8. The van der Waals surface area contributed by atoms with Gasteiger partial charge in [0.25, 0.3) is 11.8 Å². The Morgan fingerprint density at radius 1 is 0.922 bits per heavy atom. The summed E-state index contributed by atoms with van der Waals surface area (Å²) in [4.78, 5) is 69.4. The van der Waals surface area contributed by atoms with Crippen molar-refractivity contribution in [2.45, 2.75) is 130 Å². The van der Waals surface area contributed by atoms with Gasteiger partial charge in [0.2, 0.25) is 5.91 Å². The van der Waals surface area contributed by atoms with Crippen LogP contribution >= 0.6 is 11.6 Å². The lowest BCUT2D eigenvalue weighted by Crippen LogP contribution is -2.55. The van der Waals surface area contributed by atoms with E-state index in [4.69, 9.17) is 16.3 Å². The molecule has 0 aromatic heterocycles. The molecule has 0 radical (unpaired) electrons. The number of urea groups is 1. The fraction of sp³-hybridized carbons (Fsp3) is 0.575. The van der Waals surface area contributed by atoms with Crippen molar-refractivity contribution in [3.05, 3.63) is 52.5 Å². The number of imide groups is 1. The highest BCUT2D eigenvalue weighted by Gasteiger charge is 2.53. The van der Waals surface area contributed by atoms with E-state index in [0.717, 1.165) is 41.9 Å². The third-order valence-electron chi connectivity index (χ3n) is 10.5. The van der Waals surface area contributed by atoms with E-state index in [1.807, 2.05) is 6.07 Å². The number of Topliss-reactive ketones (excluding diaryl/α,β-unsaturated/α-hetero) is 1. The molecule has 2 aromatic rings. The molecule has 10 nitrogen and oxygen atoms in total. The van der Waals surface area contributed by atoms with Gasteiger partial charge >= 0.3 is 6.03 Å². The Bertz CT molecular complexity index is 1640. The highest BCUT2D eigenvalue weighted by Crippen LogP contribution is 2.39. The zero-order valence-corrected chi connectivity index (χ0v) is 32.5. The van der Waals surface area contributed by atoms with E-state index in [-0.39, 0.29) is 33.9 Å². The summed E-state index contributed by atoms with van der Waals surface area (Å²) in [5.74, 6) is -1.40. The second-order valence-electron chi connectivity index (χ2n) is 16.1. The molecule has 278 valence electrons. The van der Waals surface area contributed by atoms with Crippen LogP contribution < -0.4 is 15.4 Å². The predicted octanol–water partition coefficient (Wildman–Crippen LogP) is 8.25. The molecular weight excluding hydrogens is 668 g/mol. The summed E-state index contributed by atoms with van der Waals surface area (Å²) in [6.45, 7) is 18.9. The molecule has 2 fully saturated rings. The summed E-state index contributed by atoms with van der Waals surface area (Å²) >= 11 is 6.44. The average molecular weight is 723 g/mol. The van der Waals surface area contributed by atoms with Gasteiger partial charge in [-0.25, -0.2) is 9.69 Å². The molecular formula is C40H55ClN4O6. The van der Waals surface area contributed by atoms with Gasteiger partial charge in [-0.1, -0.05) is 86.0 Å². The zero-order valence-electron chi connectivity index (χ0n) is 31.7. The standard InChI is InChI=1S/C40H55ClN4O6/c1-10-39(6,7)25-17-20-31(27(23-25)40(8,9)11-2)51-22-14-16-32(46)42-26-18-19-28(41)29(24-26)43-35(48)33(34(47)38(3,4)5)45-36(49)30-15-12-13-21-44(30)37(45)50/h17-20,23-24,30,33H,10-16,21-22H2,1-9H3,(H,42,46)(H,43,48). The van der Waals surface area contributed by atoms with Gasteiger partial charge in [0, 0.05) is 29.6 Å². The number of carbonyl (C=O) groups is 5. The first-order valence-electron chi connectivity index (χ1n) is 18.2. The van der Waals surface area contributed by atoms with Crippen molar-refractivity contribution in [1.29, 1.82) is 0 Å². The zero-order chi connectivity index (χ0) is 37.9. The van der Waals surface area contributed by atoms with Gasteiger partial charge in [0.05, 0.1) is 17.3 Å². The summed E-state index contributed by atoms with van der Waals surface area (Å²) in [6, 6.07) is 8.06. The van der Waals surface area contributed by atoms with Crippen LogP contribution in [-0.2, 0) is 30.0 Å². The minimum atomic E-state index is -1.68. The van der Waals surface area contributed by atoms with E-state index in [2.05, 4.69) is 64.3 Å². The molecule has 2 unspecified atom stereocenters. The van der Waals surface area contributed by atoms with Crippen molar-refractivity contribution in [3.8, 4) is 5.75 Å². The number of nitrogens with one attached hydrogen (secondary N) is 2. The number of halogens is 1. The molecule has 51 heavy (non-hydrogen) atoms. The summed E-state index contributed by atoms with van der Waals surface area (Å²) in [5.41, 5.74) is 1.89. The normalized spacial score (nSPS) is 17.3. The Kier molecular flexibility index (Phi) is 12.3. The van der Waals surface area contributed by atoms with Gasteiger partial charge in [-0.15, -0.1) is 0 Å². The molecule has 5 amide bonds. The lowest BCUT2D eigenvalue weighted by molar-refractivity contribution is -0.144. The SMILES string of the molecule is CCC(C)(C)c1ccc(OCCCC(=O)Nc2ccc(Cl)c(NC(=O)C(C(=O)C(C)(C)C)N3C(=O)C4CCCCN4C3=O)c2)c(C(C)(C)CC)c1. The number of ketones is 1. The van der Waals surface area contributed by atoms with Crippen molar-refractivity contribution in [2.75, 3.05) is 23.8 Å². The quantitative estimate of drug-likeness (QED) is 0.115. The summed E-state index contributed by atoms with van der Waals surface area (Å²) < 4.78 is 6.23. The molecule has 2 atom stereocenters. The molecule has 2 aliphatic rings. The summed E-state index contributed by atoms with van der Waals surface area (Å²) in [5, 5.41) is 5.66. The van der Waals surface area contributed by atoms with E-state index in [0.29, 0.717) is 31.7 Å². The maximum Gasteiger partial charge on any atom is 0.328 e. The number of nitrogens with zero attached hydrogens (tertiary/aromatic N) is 2. The van der Waals surface area contributed by atoms with Crippen LogP contribution in [0.3, 0.4) is 0 Å². The number of anilines is 2. The Morgan fingerprint density at radius 2 is 1.61 bits per heavy atom. The van der Waals surface area contributed by atoms with Crippen molar-refractivity contribution in [1.82, 2.24) is 9.80 Å². The number of piperidine rings is 1. The second-order valence-corrected chi connectivity index (χ2v) is 16.5.